The number of carbonyl (C=O) groups is 1. The van der Waals surface area contributed by atoms with Crippen LogP contribution in [-0.4, -0.2) is 17.9 Å². The Morgan fingerprint density at radius 1 is 1.06 bits per heavy atom. The Hall–Kier alpha value is -2.03. The van der Waals surface area contributed by atoms with Gasteiger partial charge < -0.3 is 9.72 Å². The number of ketones is 1. The molecule has 2 aromatic rings. The van der Waals surface area contributed by atoms with Crippen molar-refractivity contribution >= 4 is 5.78 Å². The van der Waals surface area contributed by atoms with Crippen molar-refractivity contribution in [1.82, 2.24) is 4.98 Å². The Kier molecular flexibility index (Phi) is 3.24. The SMILES string of the molecule is COc1ccc(C(=O)c2[nH]c(C)c(C)c2C)cc1. The number of H-pyrrole nitrogens is 1. The molecule has 1 heterocycles. The number of aromatic nitrogens is 1. The van der Waals surface area contributed by atoms with Crippen LogP contribution in [0.4, 0.5) is 0 Å². The molecule has 0 atom stereocenters. The van der Waals surface area contributed by atoms with E-state index in [9.17, 15) is 4.79 Å². The average molecular weight is 243 g/mol. The van der Waals surface area contributed by atoms with E-state index >= 15 is 0 Å². The molecule has 0 saturated heterocycles. The summed E-state index contributed by atoms with van der Waals surface area (Å²) >= 11 is 0. The van der Waals surface area contributed by atoms with Crippen LogP contribution in [-0.2, 0) is 0 Å². The number of carbonyl (C=O) groups excluding carboxylic acids is 1. The molecule has 94 valence electrons. The number of aromatic amines is 1. The number of methoxy groups -OCH3 is 1. The molecule has 2 rings (SSSR count). The van der Waals surface area contributed by atoms with Crippen LogP contribution in [0.3, 0.4) is 0 Å². The number of ether oxygens (including phenoxy) is 1. The zero-order valence-electron chi connectivity index (χ0n) is 11.1. The van der Waals surface area contributed by atoms with Gasteiger partial charge in [-0.05, 0) is 56.2 Å². The van der Waals surface area contributed by atoms with Crippen LogP contribution in [0.2, 0.25) is 0 Å². The third-order valence-electron chi connectivity index (χ3n) is 3.39. The van der Waals surface area contributed by atoms with Gasteiger partial charge in [0.25, 0.3) is 0 Å². The third-order valence-corrected chi connectivity index (χ3v) is 3.39. The lowest BCUT2D eigenvalue weighted by Crippen LogP contribution is -2.03. The van der Waals surface area contributed by atoms with Crippen molar-refractivity contribution in [2.24, 2.45) is 0 Å². The van der Waals surface area contributed by atoms with Gasteiger partial charge in [-0.25, -0.2) is 0 Å². The quantitative estimate of drug-likeness (QED) is 0.841. The molecule has 1 N–H and O–H groups in total. The van der Waals surface area contributed by atoms with Gasteiger partial charge in [-0.15, -0.1) is 0 Å². The normalized spacial score (nSPS) is 10.4. The van der Waals surface area contributed by atoms with E-state index in [1.165, 1.54) is 0 Å². The molecule has 18 heavy (non-hydrogen) atoms. The Morgan fingerprint density at radius 3 is 2.11 bits per heavy atom. The Morgan fingerprint density at radius 2 is 1.67 bits per heavy atom. The summed E-state index contributed by atoms with van der Waals surface area (Å²) in [5, 5.41) is 0. The highest BCUT2D eigenvalue weighted by atomic mass is 16.5. The number of hydrogen-bond donors (Lipinski definition) is 1. The Bertz CT molecular complexity index is 579. The first-order valence-electron chi connectivity index (χ1n) is 5.89. The largest absolute Gasteiger partial charge is 0.497 e. The minimum Gasteiger partial charge on any atom is -0.497 e. The molecule has 0 saturated carbocycles. The highest BCUT2D eigenvalue weighted by molar-refractivity contribution is 6.09. The van der Waals surface area contributed by atoms with Gasteiger partial charge in [-0.3, -0.25) is 4.79 Å². The van der Waals surface area contributed by atoms with E-state index in [4.69, 9.17) is 4.74 Å². The monoisotopic (exact) mass is 243 g/mol. The second-order valence-electron chi connectivity index (χ2n) is 4.43. The zero-order chi connectivity index (χ0) is 13.3. The second kappa shape index (κ2) is 4.69. The second-order valence-corrected chi connectivity index (χ2v) is 4.43. The number of rotatable bonds is 3. The maximum absolute atomic E-state index is 12.4. The van der Waals surface area contributed by atoms with Crippen molar-refractivity contribution < 1.29 is 9.53 Å². The van der Waals surface area contributed by atoms with E-state index in [0.29, 0.717) is 11.3 Å². The van der Waals surface area contributed by atoms with Gasteiger partial charge in [0.2, 0.25) is 5.78 Å². The molecule has 0 unspecified atom stereocenters. The average Bonchev–Trinajstić information content (AvgIpc) is 2.66. The van der Waals surface area contributed by atoms with Crippen molar-refractivity contribution in [1.29, 1.82) is 0 Å². The molecule has 0 amide bonds. The fourth-order valence-corrected chi connectivity index (χ4v) is 1.96. The lowest BCUT2D eigenvalue weighted by atomic mass is 10.0. The molecule has 3 nitrogen and oxygen atoms in total. The summed E-state index contributed by atoms with van der Waals surface area (Å²) in [5.41, 5.74) is 4.56. The molecular formula is C15H17NO2. The zero-order valence-corrected chi connectivity index (χ0v) is 11.1. The number of nitrogens with one attached hydrogen (secondary N) is 1. The summed E-state index contributed by atoms with van der Waals surface area (Å²) in [6.45, 7) is 5.97. The summed E-state index contributed by atoms with van der Waals surface area (Å²) < 4.78 is 5.08. The fraction of sp³-hybridized carbons (Fsp3) is 0.267. The summed E-state index contributed by atoms with van der Waals surface area (Å²) in [7, 11) is 1.61. The highest BCUT2D eigenvalue weighted by Crippen LogP contribution is 2.20. The molecule has 0 aliphatic carbocycles. The van der Waals surface area contributed by atoms with Crippen LogP contribution in [0.25, 0.3) is 0 Å². The molecule has 0 spiro atoms. The molecule has 0 aliphatic heterocycles. The smallest absolute Gasteiger partial charge is 0.209 e. The number of hydrogen-bond acceptors (Lipinski definition) is 2. The molecule has 1 aromatic heterocycles. The minimum absolute atomic E-state index is 0.0198. The van der Waals surface area contributed by atoms with E-state index in [1.54, 1.807) is 31.4 Å². The molecule has 3 heteroatoms. The van der Waals surface area contributed by atoms with Gasteiger partial charge >= 0.3 is 0 Å². The van der Waals surface area contributed by atoms with Gasteiger partial charge in [-0.1, -0.05) is 0 Å². The lowest BCUT2D eigenvalue weighted by molar-refractivity contribution is 0.103. The van der Waals surface area contributed by atoms with E-state index in [2.05, 4.69) is 4.98 Å². The number of benzene rings is 1. The third kappa shape index (κ3) is 2.04. The van der Waals surface area contributed by atoms with Crippen LogP contribution in [0.15, 0.2) is 24.3 Å². The van der Waals surface area contributed by atoms with E-state index in [1.807, 2.05) is 20.8 Å². The summed E-state index contributed by atoms with van der Waals surface area (Å²) in [6.07, 6.45) is 0. The Balaban J connectivity index is 2.38. The molecular weight excluding hydrogens is 226 g/mol. The Labute approximate surface area is 107 Å². The van der Waals surface area contributed by atoms with Crippen LogP contribution in [0.1, 0.15) is 32.9 Å². The van der Waals surface area contributed by atoms with E-state index in [0.717, 1.165) is 22.6 Å². The summed E-state index contributed by atoms with van der Waals surface area (Å²) in [6, 6.07) is 7.16. The van der Waals surface area contributed by atoms with Crippen molar-refractivity contribution in [3.05, 3.63) is 52.3 Å². The lowest BCUT2D eigenvalue weighted by Gasteiger charge is -2.03. The van der Waals surface area contributed by atoms with Crippen LogP contribution in [0.5, 0.6) is 5.75 Å². The standard InChI is InChI=1S/C15H17NO2/c1-9-10(2)14(16-11(9)3)15(17)12-5-7-13(18-4)8-6-12/h5-8,16H,1-4H3. The van der Waals surface area contributed by atoms with Gasteiger partial charge in [0.15, 0.2) is 0 Å². The first-order valence-corrected chi connectivity index (χ1v) is 5.89. The first-order chi connectivity index (χ1) is 8.54. The van der Waals surface area contributed by atoms with Crippen molar-refractivity contribution in [3.8, 4) is 5.75 Å². The molecule has 0 aliphatic rings. The molecule has 0 bridgehead atoms. The van der Waals surface area contributed by atoms with E-state index in [-0.39, 0.29) is 5.78 Å². The maximum Gasteiger partial charge on any atom is 0.209 e. The van der Waals surface area contributed by atoms with Crippen molar-refractivity contribution in [2.75, 3.05) is 7.11 Å². The van der Waals surface area contributed by atoms with Gasteiger partial charge in [0, 0.05) is 11.3 Å². The topological polar surface area (TPSA) is 42.1 Å². The van der Waals surface area contributed by atoms with Gasteiger partial charge in [-0.2, -0.15) is 0 Å². The molecule has 0 fully saturated rings. The predicted molar refractivity (Wildman–Crippen MR) is 71.4 cm³/mol. The predicted octanol–water partition coefficient (Wildman–Crippen LogP) is 3.18. The van der Waals surface area contributed by atoms with E-state index < -0.39 is 0 Å². The fourth-order valence-electron chi connectivity index (χ4n) is 1.96. The number of aryl methyl sites for hydroxylation is 1. The van der Waals surface area contributed by atoms with Crippen molar-refractivity contribution in [2.45, 2.75) is 20.8 Å². The van der Waals surface area contributed by atoms with Crippen LogP contribution < -0.4 is 4.74 Å². The highest BCUT2D eigenvalue weighted by Gasteiger charge is 2.16. The van der Waals surface area contributed by atoms with Crippen LogP contribution >= 0.6 is 0 Å². The summed E-state index contributed by atoms with van der Waals surface area (Å²) in [5.74, 6) is 0.772. The minimum atomic E-state index is 0.0198. The first kappa shape index (κ1) is 12.4. The summed E-state index contributed by atoms with van der Waals surface area (Å²) in [4.78, 5) is 15.5. The van der Waals surface area contributed by atoms with Gasteiger partial charge in [0.05, 0.1) is 12.8 Å². The van der Waals surface area contributed by atoms with Crippen LogP contribution in [0, 0.1) is 20.8 Å². The molecule has 0 radical (unpaired) electrons. The maximum atomic E-state index is 12.4. The van der Waals surface area contributed by atoms with Gasteiger partial charge in [0.1, 0.15) is 5.75 Å². The molecule has 1 aromatic carbocycles. The van der Waals surface area contributed by atoms with Crippen molar-refractivity contribution in [3.63, 3.8) is 0 Å².